The molecule has 0 atom stereocenters. The number of methoxy groups -OCH3 is 2. The number of ether oxygens (including phenoxy) is 2. The lowest BCUT2D eigenvalue weighted by Crippen LogP contribution is -2.38. The first-order valence-corrected chi connectivity index (χ1v) is 19.2. The van der Waals surface area contributed by atoms with Crippen molar-refractivity contribution in [1.82, 2.24) is 15.0 Å². The quantitative estimate of drug-likeness (QED) is 0.100. The number of hydrogen-bond acceptors (Lipinski definition) is 9. The van der Waals surface area contributed by atoms with E-state index in [1.807, 2.05) is 31.2 Å². The van der Waals surface area contributed by atoms with E-state index in [2.05, 4.69) is 39.7 Å². The molecule has 1 heterocycles. The molecule has 0 aliphatic rings. The van der Waals surface area contributed by atoms with Crippen molar-refractivity contribution >= 4 is 29.3 Å². The Labute approximate surface area is 350 Å². The second-order valence-electron chi connectivity index (χ2n) is 15.1. The van der Waals surface area contributed by atoms with E-state index in [4.69, 9.17) is 14.0 Å². The first-order chi connectivity index (χ1) is 29.0. The van der Waals surface area contributed by atoms with Crippen LogP contribution in [0.2, 0.25) is 0 Å². The Balaban J connectivity index is 1.15. The van der Waals surface area contributed by atoms with E-state index in [0.29, 0.717) is 22.8 Å². The van der Waals surface area contributed by atoms with Gasteiger partial charge in [0, 0.05) is 35.3 Å². The number of nitrogens with one attached hydrogen (secondary N) is 1. The molecule has 14 heteroatoms. The Morgan fingerprint density at radius 2 is 1.38 bits per heavy atom. The molecule has 0 bridgehead atoms. The summed E-state index contributed by atoms with van der Waals surface area (Å²) in [6, 6.07) is 32.3. The van der Waals surface area contributed by atoms with Crippen LogP contribution >= 0.6 is 0 Å². The molecule has 1 aromatic heterocycles. The molecule has 5 aromatic carbocycles. The van der Waals surface area contributed by atoms with Crippen LogP contribution in [0.1, 0.15) is 52.9 Å². The third kappa shape index (κ3) is 10.9. The van der Waals surface area contributed by atoms with Crippen LogP contribution in [0.4, 0.5) is 18.9 Å². The molecule has 6 aromatic rings. The number of carbonyl (C=O) groups excluding carboxylic acids is 4. The minimum absolute atomic E-state index is 0.00595. The van der Waals surface area contributed by atoms with E-state index >= 15 is 0 Å². The average Bonchev–Trinajstić information content (AvgIpc) is 3.74. The number of aromatic nitrogens is 2. The normalized spacial score (nSPS) is 11.5. The van der Waals surface area contributed by atoms with Crippen molar-refractivity contribution in [1.29, 1.82) is 0 Å². The summed E-state index contributed by atoms with van der Waals surface area (Å²) in [6.45, 7) is 4.88. The molecule has 2 amide bonds. The zero-order valence-electron chi connectivity index (χ0n) is 34.1. The molecule has 0 saturated heterocycles. The van der Waals surface area contributed by atoms with E-state index < -0.39 is 41.4 Å². The number of Topliss-reactive ketones (excluding diaryl/α,β-unsaturated/α-hetero) is 1. The molecule has 0 spiro atoms. The number of aryl methyl sites for hydroxylation is 1. The standard InChI is InChI=1S/C47H43F3N4O7/c1-29-6-10-31(11-7-29)32-14-16-34(17-15-32)43-52-42(53-61-43)33-12-8-30(9-13-33)27-54(28-38(55)26-46(2,3)45(58)60-5)44(57)35-18-21-37(22-19-35)51-41(56)24-36-20-23-39(59-4)25-40(36)47(48,49)50/h6-23,25H,24,26-28H2,1-5H3,(H,51,56). The van der Waals surface area contributed by atoms with E-state index in [9.17, 15) is 32.3 Å². The third-order valence-corrected chi connectivity index (χ3v) is 9.95. The number of carbonyl (C=O) groups is 4. The molecule has 11 nitrogen and oxygen atoms in total. The summed E-state index contributed by atoms with van der Waals surface area (Å²) < 4.78 is 56.5. The topological polar surface area (TPSA) is 141 Å². The highest BCUT2D eigenvalue weighted by atomic mass is 19.4. The van der Waals surface area contributed by atoms with Gasteiger partial charge < -0.3 is 24.2 Å². The largest absolute Gasteiger partial charge is 0.497 e. The maximum atomic E-state index is 14.0. The van der Waals surface area contributed by atoms with Crippen LogP contribution < -0.4 is 10.1 Å². The van der Waals surface area contributed by atoms with Gasteiger partial charge in [-0.1, -0.05) is 77.5 Å². The predicted molar refractivity (Wildman–Crippen MR) is 222 cm³/mol. The van der Waals surface area contributed by atoms with Gasteiger partial charge in [-0.05, 0) is 91.6 Å². The van der Waals surface area contributed by atoms with Gasteiger partial charge >= 0.3 is 12.1 Å². The first kappa shape index (κ1) is 43.5. The summed E-state index contributed by atoms with van der Waals surface area (Å²) in [5.74, 6) is -1.47. The summed E-state index contributed by atoms with van der Waals surface area (Å²) in [5, 5.41) is 6.73. The number of ketones is 1. The first-order valence-electron chi connectivity index (χ1n) is 19.2. The van der Waals surface area contributed by atoms with Crippen molar-refractivity contribution in [2.24, 2.45) is 5.41 Å². The fourth-order valence-corrected chi connectivity index (χ4v) is 6.66. The van der Waals surface area contributed by atoms with Crippen LogP contribution in [0.25, 0.3) is 34.0 Å². The Morgan fingerprint density at radius 1 is 0.770 bits per heavy atom. The van der Waals surface area contributed by atoms with E-state index in [0.717, 1.165) is 22.8 Å². The molecule has 61 heavy (non-hydrogen) atoms. The van der Waals surface area contributed by atoms with Crippen molar-refractivity contribution in [3.63, 3.8) is 0 Å². The van der Waals surface area contributed by atoms with Gasteiger partial charge in [0.2, 0.25) is 11.7 Å². The van der Waals surface area contributed by atoms with Crippen LogP contribution in [0.15, 0.2) is 120 Å². The smallest absolute Gasteiger partial charge is 0.416 e. The summed E-state index contributed by atoms with van der Waals surface area (Å²) in [4.78, 5) is 58.5. The molecule has 0 fully saturated rings. The zero-order valence-corrected chi connectivity index (χ0v) is 34.1. The number of esters is 1. The van der Waals surface area contributed by atoms with E-state index in [1.54, 1.807) is 38.1 Å². The van der Waals surface area contributed by atoms with Crippen molar-refractivity contribution in [3.8, 4) is 39.7 Å². The van der Waals surface area contributed by atoms with Gasteiger partial charge in [-0.15, -0.1) is 0 Å². The van der Waals surface area contributed by atoms with Gasteiger partial charge in [-0.2, -0.15) is 18.2 Å². The lowest BCUT2D eigenvalue weighted by Gasteiger charge is -2.25. The van der Waals surface area contributed by atoms with Gasteiger partial charge in [0.15, 0.2) is 5.78 Å². The van der Waals surface area contributed by atoms with Crippen LogP contribution in [-0.2, 0) is 38.3 Å². The van der Waals surface area contributed by atoms with Crippen LogP contribution in [-0.4, -0.2) is 59.4 Å². The predicted octanol–water partition coefficient (Wildman–Crippen LogP) is 9.39. The Morgan fingerprint density at radius 3 is 1.98 bits per heavy atom. The number of benzene rings is 5. The highest BCUT2D eigenvalue weighted by Gasteiger charge is 2.35. The summed E-state index contributed by atoms with van der Waals surface area (Å²) in [6.07, 6.45) is -5.45. The van der Waals surface area contributed by atoms with Gasteiger partial charge in [0.05, 0.1) is 38.2 Å². The number of amides is 2. The van der Waals surface area contributed by atoms with Crippen molar-refractivity contribution in [2.75, 3.05) is 26.1 Å². The van der Waals surface area contributed by atoms with Gasteiger partial charge in [0.25, 0.3) is 11.8 Å². The SMILES string of the molecule is COC(=O)C(C)(C)CC(=O)CN(Cc1ccc(-c2noc(-c3ccc(-c4ccc(C)cc4)cc3)n2)cc1)C(=O)c1ccc(NC(=O)Cc2ccc(OC)cc2C(F)(F)F)cc1. The fourth-order valence-electron chi connectivity index (χ4n) is 6.66. The Kier molecular flexibility index (Phi) is 13.2. The molecule has 1 N–H and O–H groups in total. The Hall–Kier alpha value is -7.09. The third-order valence-electron chi connectivity index (χ3n) is 9.95. The maximum Gasteiger partial charge on any atom is 0.416 e. The monoisotopic (exact) mass is 832 g/mol. The molecule has 0 aliphatic carbocycles. The lowest BCUT2D eigenvalue weighted by atomic mass is 9.87. The highest BCUT2D eigenvalue weighted by molar-refractivity contribution is 5.98. The molecular weight excluding hydrogens is 790 g/mol. The second kappa shape index (κ2) is 18.4. The van der Waals surface area contributed by atoms with Crippen molar-refractivity contribution in [2.45, 2.75) is 46.3 Å². The summed E-state index contributed by atoms with van der Waals surface area (Å²) in [5.41, 5.74) is 3.47. The maximum absolute atomic E-state index is 14.0. The molecule has 0 aliphatic heterocycles. The number of hydrogen-bond donors (Lipinski definition) is 1. The molecule has 0 radical (unpaired) electrons. The van der Waals surface area contributed by atoms with Gasteiger partial charge in [0.1, 0.15) is 5.75 Å². The highest BCUT2D eigenvalue weighted by Crippen LogP contribution is 2.35. The fraction of sp³-hybridized carbons (Fsp3) is 0.234. The summed E-state index contributed by atoms with van der Waals surface area (Å²) >= 11 is 0. The minimum Gasteiger partial charge on any atom is -0.497 e. The van der Waals surface area contributed by atoms with Crippen molar-refractivity contribution in [3.05, 3.63) is 143 Å². The number of alkyl halides is 3. The van der Waals surface area contributed by atoms with E-state index in [-0.39, 0.29) is 47.9 Å². The van der Waals surface area contributed by atoms with Gasteiger partial charge in [-0.25, -0.2) is 0 Å². The molecule has 6 rings (SSSR count). The number of rotatable bonds is 15. The lowest BCUT2D eigenvalue weighted by molar-refractivity contribution is -0.152. The molecule has 0 saturated carbocycles. The van der Waals surface area contributed by atoms with Gasteiger partial charge in [-0.3, -0.25) is 19.2 Å². The Bertz CT molecular complexity index is 2510. The molecular formula is C47H43F3N4O7. The second-order valence-corrected chi connectivity index (χ2v) is 15.1. The number of halogens is 3. The number of anilines is 1. The van der Waals surface area contributed by atoms with E-state index in [1.165, 1.54) is 61.1 Å². The zero-order chi connectivity index (χ0) is 43.9. The average molecular weight is 833 g/mol. The number of nitrogens with zero attached hydrogens (tertiary/aromatic N) is 3. The summed E-state index contributed by atoms with van der Waals surface area (Å²) in [7, 11) is 2.48. The molecule has 0 unspecified atom stereocenters. The molecule has 314 valence electrons. The minimum atomic E-state index is -4.70. The van der Waals surface area contributed by atoms with Crippen LogP contribution in [0.5, 0.6) is 5.75 Å². The van der Waals surface area contributed by atoms with Crippen LogP contribution in [0, 0.1) is 12.3 Å². The van der Waals surface area contributed by atoms with Crippen LogP contribution in [0.3, 0.4) is 0 Å². The van der Waals surface area contributed by atoms with Crippen molar-refractivity contribution < 1.29 is 46.3 Å².